The lowest BCUT2D eigenvalue weighted by molar-refractivity contribution is -0.133. The standard InChI is InChI=1S/C15H19NO3S/c1-2-18-12-3-5-13(6-4-12)19-9-15(17)16-8-14-7-11(16)10-20-14/h3-6,11,14H,2,7-10H2,1H3. The minimum Gasteiger partial charge on any atom is -0.494 e. The van der Waals surface area contributed by atoms with E-state index in [1.807, 2.05) is 47.9 Å². The molecule has 0 radical (unpaired) electrons. The third-order valence-electron chi connectivity index (χ3n) is 3.72. The minimum atomic E-state index is 0.103. The van der Waals surface area contributed by atoms with Crippen molar-refractivity contribution >= 4 is 17.7 Å². The highest BCUT2D eigenvalue weighted by molar-refractivity contribution is 8.00. The second-order valence-electron chi connectivity index (χ2n) is 5.08. The van der Waals surface area contributed by atoms with Gasteiger partial charge in [-0.15, -0.1) is 0 Å². The number of carbonyl (C=O) groups excluding carboxylic acids is 1. The topological polar surface area (TPSA) is 38.8 Å². The zero-order chi connectivity index (χ0) is 13.9. The summed E-state index contributed by atoms with van der Waals surface area (Å²) in [7, 11) is 0. The first-order valence-corrected chi connectivity index (χ1v) is 8.08. The molecule has 2 saturated heterocycles. The van der Waals surface area contributed by atoms with Gasteiger partial charge in [0, 0.05) is 23.6 Å². The molecule has 1 aromatic carbocycles. The Hall–Kier alpha value is -1.36. The largest absolute Gasteiger partial charge is 0.494 e. The molecule has 4 nitrogen and oxygen atoms in total. The van der Waals surface area contributed by atoms with Crippen LogP contribution in [0.1, 0.15) is 13.3 Å². The van der Waals surface area contributed by atoms with Crippen LogP contribution >= 0.6 is 11.8 Å². The summed E-state index contributed by atoms with van der Waals surface area (Å²) in [6.45, 7) is 3.61. The first-order chi connectivity index (χ1) is 9.76. The normalized spacial score (nSPS) is 23.9. The van der Waals surface area contributed by atoms with Crippen molar-refractivity contribution in [2.75, 3.05) is 25.5 Å². The van der Waals surface area contributed by atoms with Crippen LogP contribution in [-0.2, 0) is 4.79 Å². The number of hydrogen-bond donors (Lipinski definition) is 0. The van der Waals surface area contributed by atoms with E-state index in [4.69, 9.17) is 9.47 Å². The van der Waals surface area contributed by atoms with E-state index in [-0.39, 0.29) is 12.5 Å². The van der Waals surface area contributed by atoms with Crippen molar-refractivity contribution < 1.29 is 14.3 Å². The van der Waals surface area contributed by atoms with Crippen molar-refractivity contribution in [2.45, 2.75) is 24.6 Å². The number of rotatable bonds is 5. The summed E-state index contributed by atoms with van der Waals surface area (Å²) in [4.78, 5) is 14.1. The number of nitrogens with zero attached hydrogens (tertiary/aromatic N) is 1. The highest BCUT2D eigenvalue weighted by Crippen LogP contribution is 2.37. The molecule has 2 atom stereocenters. The number of fused-ring (bicyclic) bond motifs is 2. The molecule has 2 heterocycles. The molecule has 1 amide bonds. The van der Waals surface area contributed by atoms with Gasteiger partial charge < -0.3 is 14.4 Å². The first kappa shape index (κ1) is 13.6. The van der Waals surface area contributed by atoms with Gasteiger partial charge in [0.05, 0.1) is 6.61 Å². The van der Waals surface area contributed by atoms with E-state index in [9.17, 15) is 4.79 Å². The quantitative estimate of drug-likeness (QED) is 0.834. The fourth-order valence-corrected chi connectivity index (χ4v) is 4.17. The molecule has 1 aromatic rings. The smallest absolute Gasteiger partial charge is 0.260 e. The SMILES string of the molecule is CCOc1ccc(OCC(=O)N2CC3CC2CS3)cc1. The van der Waals surface area contributed by atoms with Gasteiger partial charge in [-0.1, -0.05) is 0 Å². The summed E-state index contributed by atoms with van der Waals surface area (Å²) in [5.74, 6) is 2.71. The van der Waals surface area contributed by atoms with Crippen molar-refractivity contribution in [2.24, 2.45) is 0 Å². The number of amides is 1. The Morgan fingerprint density at radius 2 is 2.00 bits per heavy atom. The fourth-order valence-electron chi connectivity index (χ4n) is 2.73. The minimum absolute atomic E-state index is 0.103. The predicted octanol–water partition coefficient (Wildman–Crippen LogP) is 2.18. The van der Waals surface area contributed by atoms with Crippen molar-refractivity contribution in [3.8, 4) is 11.5 Å². The van der Waals surface area contributed by atoms with Crippen LogP contribution in [0.5, 0.6) is 11.5 Å². The van der Waals surface area contributed by atoms with Crippen LogP contribution in [0.4, 0.5) is 0 Å². The predicted molar refractivity (Wildman–Crippen MR) is 79.5 cm³/mol. The summed E-state index contributed by atoms with van der Waals surface area (Å²) in [5, 5.41) is 0.648. The molecule has 0 spiro atoms. The highest BCUT2D eigenvalue weighted by Gasteiger charge is 2.40. The zero-order valence-corrected chi connectivity index (χ0v) is 12.4. The van der Waals surface area contributed by atoms with E-state index < -0.39 is 0 Å². The first-order valence-electron chi connectivity index (χ1n) is 7.03. The lowest BCUT2D eigenvalue weighted by atomic mass is 10.2. The highest BCUT2D eigenvalue weighted by atomic mass is 32.2. The molecule has 108 valence electrons. The van der Waals surface area contributed by atoms with Crippen LogP contribution in [0.25, 0.3) is 0 Å². The molecule has 3 rings (SSSR count). The monoisotopic (exact) mass is 293 g/mol. The van der Waals surface area contributed by atoms with E-state index in [0.717, 1.165) is 24.5 Å². The Morgan fingerprint density at radius 1 is 1.30 bits per heavy atom. The summed E-state index contributed by atoms with van der Waals surface area (Å²) < 4.78 is 10.9. The van der Waals surface area contributed by atoms with Gasteiger partial charge in [-0.05, 0) is 37.6 Å². The van der Waals surface area contributed by atoms with Gasteiger partial charge in [0.2, 0.25) is 0 Å². The van der Waals surface area contributed by atoms with Crippen LogP contribution in [-0.4, -0.2) is 47.6 Å². The number of benzene rings is 1. The van der Waals surface area contributed by atoms with Gasteiger partial charge in [0.15, 0.2) is 6.61 Å². The number of thioether (sulfide) groups is 1. The van der Waals surface area contributed by atoms with Gasteiger partial charge >= 0.3 is 0 Å². The lowest BCUT2D eigenvalue weighted by Crippen LogP contribution is -2.41. The van der Waals surface area contributed by atoms with E-state index in [2.05, 4.69) is 0 Å². The summed E-state index contributed by atoms with van der Waals surface area (Å²) in [6.07, 6.45) is 1.15. The van der Waals surface area contributed by atoms with Gasteiger partial charge in [0.1, 0.15) is 11.5 Å². The maximum absolute atomic E-state index is 12.1. The number of ether oxygens (including phenoxy) is 2. The van der Waals surface area contributed by atoms with E-state index in [1.165, 1.54) is 0 Å². The third-order valence-corrected chi connectivity index (χ3v) is 5.11. The summed E-state index contributed by atoms with van der Waals surface area (Å²) >= 11 is 1.99. The van der Waals surface area contributed by atoms with Crippen molar-refractivity contribution in [3.05, 3.63) is 24.3 Å². The molecule has 2 aliphatic heterocycles. The van der Waals surface area contributed by atoms with Gasteiger partial charge in [-0.2, -0.15) is 11.8 Å². The fraction of sp³-hybridized carbons (Fsp3) is 0.533. The maximum Gasteiger partial charge on any atom is 0.260 e. The second-order valence-corrected chi connectivity index (χ2v) is 6.42. The molecule has 0 saturated carbocycles. The molecule has 2 aliphatic rings. The molecule has 2 bridgehead atoms. The molecular formula is C15H19NO3S. The van der Waals surface area contributed by atoms with Crippen LogP contribution in [0.2, 0.25) is 0 Å². The van der Waals surface area contributed by atoms with Crippen LogP contribution in [0.15, 0.2) is 24.3 Å². The molecule has 0 aliphatic carbocycles. The zero-order valence-electron chi connectivity index (χ0n) is 11.6. The Labute approximate surface area is 123 Å². The maximum atomic E-state index is 12.1. The average molecular weight is 293 g/mol. The summed E-state index contributed by atoms with van der Waals surface area (Å²) in [6, 6.07) is 7.82. The molecule has 0 N–H and O–H groups in total. The van der Waals surface area contributed by atoms with Crippen LogP contribution < -0.4 is 9.47 Å². The molecule has 5 heteroatoms. The summed E-state index contributed by atoms with van der Waals surface area (Å²) in [5.41, 5.74) is 0. The third kappa shape index (κ3) is 2.87. The number of hydrogen-bond acceptors (Lipinski definition) is 4. The molecule has 0 aromatic heterocycles. The van der Waals surface area contributed by atoms with Crippen LogP contribution in [0, 0.1) is 0 Å². The number of carbonyl (C=O) groups is 1. The molecule has 20 heavy (non-hydrogen) atoms. The van der Waals surface area contributed by atoms with Gasteiger partial charge in [-0.25, -0.2) is 0 Å². The van der Waals surface area contributed by atoms with Crippen LogP contribution in [0.3, 0.4) is 0 Å². The Balaban J connectivity index is 1.50. The van der Waals surface area contributed by atoms with Gasteiger partial charge in [-0.3, -0.25) is 4.79 Å². The average Bonchev–Trinajstić information content (AvgIpc) is 3.09. The molecule has 2 unspecified atom stereocenters. The Morgan fingerprint density at radius 3 is 2.55 bits per heavy atom. The van der Waals surface area contributed by atoms with Crippen molar-refractivity contribution in [1.29, 1.82) is 0 Å². The van der Waals surface area contributed by atoms with E-state index >= 15 is 0 Å². The molecular weight excluding hydrogens is 274 g/mol. The Kier molecular flexibility index (Phi) is 4.05. The van der Waals surface area contributed by atoms with Crippen molar-refractivity contribution in [1.82, 2.24) is 4.90 Å². The lowest BCUT2D eigenvalue weighted by Gasteiger charge is -2.26. The van der Waals surface area contributed by atoms with Gasteiger partial charge in [0.25, 0.3) is 5.91 Å². The Bertz CT molecular complexity index is 477. The van der Waals surface area contributed by atoms with E-state index in [1.54, 1.807) is 0 Å². The second kappa shape index (κ2) is 5.95. The van der Waals surface area contributed by atoms with E-state index in [0.29, 0.717) is 23.6 Å². The van der Waals surface area contributed by atoms with Crippen molar-refractivity contribution in [3.63, 3.8) is 0 Å². The molecule has 2 fully saturated rings. The number of likely N-dealkylation sites (tertiary alicyclic amines) is 1.